The molecule has 0 bridgehead atoms. The predicted molar refractivity (Wildman–Crippen MR) is 114 cm³/mol. The Balaban J connectivity index is 2.15. The second-order valence-electron chi connectivity index (χ2n) is 7.02. The van der Waals surface area contributed by atoms with E-state index in [-0.39, 0.29) is 25.2 Å². The number of aromatic nitrogens is 3. The van der Waals surface area contributed by atoms with Gasteiger partial charge in [-0.25, -0.2) is 32.9 Å². The van der Waals surface area contributed by atoms with Crippen LogP contribution in [0, 0.1) is 10.1 Å². The molecule has 0 spiro atoms. The quantitative estimate of drug-likeness (QED) is 0.406. The van der Waals surface area contributed by atoms with E-state index in [1.807, 2.05) is 0 Å². The highest BCUT2D eigenvalue weighted by Gasteiger charge is 2.27. The fourth-order valence-electron chi connectivity index (χ4n) is 3.36. The molecule has 1 atom stereocenters. The summed E-state index contributed by atoms with van der Waals surface area (Å²) in [6, 6.07) is 12.2. The molecule has 0 aliphatic heterocycles. The monoisotopic (exact) mass is 440 g/mol. The number of non-ortho nitro benzene ring substituents is 1. The molecule has 1 aromatic heterocycles. The van der Waals surface area contributed by atoms with Crippen molar-refractivity contribution in [3.8, 4) is 0 Å². The van der Waals surface area contributed by atoms with Gasteiger partial charge in [0.1, 0.15) is 6.04 Å². The number of hydrogen-bond donors (Lipinski definition) is 1. The van der Waals surface area contributed by atoms with Crippen LogP contribution < -0.4 is 17.1 Å². The van der Waals surface area contributed by atoms with Gasteiger partial charge >= 0.3 is 23.0 Å². The van der Waals surface area contributed by atoms with Gasteiger partial charge in [0.25, 0.3) is 5.69 Å². The molecule has 0 saturated heterocycles. The van der Waals surface area contributed by atoms with Crippen LogP contribution in [0.25, 0.3) is 0 Å². The maximum atomic E-state index is 13.1. The van der Waals surface area contributed by atoms with Crippen LogP contribution in [0.3, 0.4) is 0 Å². The minimum atomic E-state index is -1.53. The first kappa shape index (κ1) is 22.4. The van der Waals surface area contributed by atoms with Crippen molar-refractivity contribution in [1.82, 2.24) is 13.7 Å². The molecule has 2 aromatic carbocycles. The standard InChI is InChI=1S/C21H20N4O7/c1-2-22-19(28)23(13-15-8-10-16(11-9-15)25(31)32)21(30)24(20(22)29)17(18(26)27)12-14-6-4-3-5-7-14/h3-11,17H,2,12-13H2,1H3,(H,26,27)/t17-/m0/s1. The third-order valence-corrected chi connectivity index (χ3v) is 5.01. The number of carboxylic acids is 1. The minimum absolute atomic E-state index is 0.0735. The first-order valence-corrected chi connectivity index (χ1v) is 9.70. The summed E-state index contributed by atoms with van der Waals surface area (Å²) >= 11 is 0. The van der Waals surface area contributed by atoms with Crippen molar-refractivity contribution < 1.29 is 14.8 Å². The van der Waals surface area contributed by atoms with E-state index < -0.39 is 34.0 Å². The SMILES string of the molecule is CCn1c(=O)n(Cc2ccc([N+](=O)[O-])cc2)c(=O)n([C@@H](Cc2ccccc2)C(=O)O)c1=O. The number of aliphatic carboxylic acids is 1. The second kappa shape index (κ2) is 9.25. The Labute approximate surface area is 180 Å². The van der Waals surface area contributed by atoms with Crippen molar-refractivity contribution in [1.29, 1.82) is 0 Å². The fourth-order valence-corrected chi connectivity index (χ4v) is 3.36. The van der Waals surface area contributed by atoms with Crippen molar-refractivity contribution in [2.75, 3.05) is 0 Å². The molecule has 1 heterocycles. The number of carboxylic acid groups (broad SMARTS) is 1. The highest BCUT2D eigenvalue weighted by molar-refractivity contribution is 5.72. The van der Waals surface area contributed by atoms with Gasteiger partial charge in [0.2, 0.25) is 0 Å². The van der Waals surface area contributed by atoms with Gasteiger partial charge in [-0.05, 0) is 18.1 Å². The molecule has 0 radical (unpaired) electrons. The van der Waals surface area contributed by atoms with Gasteiger partial charge in [-0.3, -0.25) is 10.1 Å². The van der Waals surface area contributed by atoms with Crippen LogP contribution >= 0.6 is 0 Å². The summed E-state index contributed by atoms with van der Waals surface area (Å²) in [5, 5.41) is 20.6. The lowest BCUT2D eigenvalue weighted by Gasteiger charge is -2.18. The van der Waals surface area contributed by atoms with Crippen molar-refractivity contribution in [3.05, 3.63) is 107 Å². The number of nitro benzene ring substituents is 1. The zero-order chi connectivity index (χ0) is 23.4. The molecule has 0 amide bonds. The summed E-state index contributed by atoms with van der Waals surface area (Å²) < 4.78 is 2.12. The average Bonchev–Trinajstić information content (AvgIpc) is 2.77. The van der Waals surface area contributed by atoms with Crippen molar-refractivity contribution in [3.63, 3.8) is 0 Å². The van der Waals surface area contributed by atoms with Crippen LogP contribution in [-0.2, 0) is 24.3 Å². The Morgan fingerprint density at radius 2 is 1.53 bits per heavy atom. The van der Waals surface area contributed by atoms with Gasteiger partial charge in [0, 0.05) is 25.1 Å². The molecule has 11 heteroatoms. The Morgan fingerprint density at radius 1 is 0.938 bits per heavy atom. The van der Waals surface area contributed by atoms with Crippen LogP contribution in [0.2, 0.25) is 0 Å². The third-order valence-electron chi connectivity index (χ3n) is 5.01. The number of nitrogens with zero attached hydrogens (tertiary/aromatic N) is 4. The molecular formula is C21H20N4O7. The van der Waals surface area contributed by atoms with Gasteiger partial charge in [-0.1, -0.05) is 42.5 Å². The molecule has 0 aliphatic rings. The molecule has 0 saturated carbocycles. The Hall–Kier alpha value is -4.28. The lowest BCUT2D eigenvalue weighted by Crippen LogP contribution is -2.56. The van der Waals surface area contributed by atoms with E-state index in [1.54, 1.807) is 30.3 Å². The van der Waals surface area contributed by atoms with E-state index in [0.29, 0.717) is 15.7 Å². The van der Waals surface area contributed by atoms with Crippen LogP contribution in [0.15, 0.2) is 69.0 Å². The predicted octanol–water partition coefficient (Wildman–Crippen LogP) is 1.02. The fraction of sp³-hybridized carbons (Fsp3) is 0.238. The minimum Gasteiger partial charge on any atom is -0.480 e. The van der Waals surface area contributed by atoms with Crippen molar-refractivity contribution >= 4 is 11.7 Å². The lowest BCUT2D eigenvalue weighted by molar-refractivity contribution is -0.384. The van der Waals surface area contributed by atoms with Gasteiger partial charge in [0.05, 0.1) is 11.5 Å². The number of carbonyl (C=O) groups is 1. The number of benzene rings is 2. The maximum absolute atomic E-state index is 13.1. The van der Waals surface area contributed by atoms with E-state index >= 15 is 0 Å². The van der Waals surface area contributed by atoms with Gasteiger partial charge in [-0.15, -0.1) is 0 Å². The van der Waals surface area contributed by atoms with Crippen LogP contribution in [0.5, 0.6) is 0 Å². The molecule has 11 nitrogen and oxygen atoms in total. The average molecular weight is 440 g/mol. The van der Waals surface area contributed by atoms with Crippen molar-refractivity contribution in [2.24, 2.45) is 0 Å². The summed E-state index contributed by atoms with van der Waals surface area (Å²) in [6.45, 7) is 1.17. The van der Waals surface area contributed by atoms with Crippen LogP contribution in [0.4, 0.5) is 5.69 Å². The molecule has 0 aliphatic carbocycles. The summed E-state index contributed by atoms with van der Waals surface area (Å²) in [4.78, 5) is 61.1. The molecule has 3 rings (SSSR count). The second-order valence-corrected chi connectivity index (χ2v) is 7.02. The summed E-state index contributed by atoms with van der Waals surface area (Å²) in [5.41, 5.74) is -2.12. The maximum Gasteiger partial charge on any atom is 0.337 e. The molecular weight excluding hydrogens is 420 g/mol. The van der Waals surface area contributed by atoms with E-state index in [1.165, 1.54) is 31.2 Å². The lowest BCUT2D eigenvalue weighted by atomic mass is 10.1. The first-order chi connectivity index (χ1) is 15.2. The van der Waals surface area contributed by atoms with Gasteiger partial charge < -0.3 is 5.11 Å². The van der Waals surface area contributed by atoms with Crippen LogP contribution in [0.1, 0.15) is 24.1 Å². The van der Waals surface area contributed by atoms with E-state index in [9.17, 15) is 34.4 Å². The van der Waals surface area contributed by atoms with Gasteiger partial charge in [0.15, 0.2) is 0 Å². The number of rotatable bonds is 8. The molecule has 1 N–H and O–H groups in total. The van der Waals surface area contributed by atoms with Crippen LogP contribution in [-0.4, -0.2) is 29.7 Å². The van der Waals surface area contributed by atoms with Gasteiger partial charge in [-0.2, -0.15) is 0 Å². The molecule has 166 valence electrons. The third kappa shape index (κ3) is 4.41. The molecule has 32 heavy (non-hydrogen) atoms. The molecule has 0 unspecified atom stereocenters. The smallest absolute Gasteiger partial charge is 0.337 e. The zero-order valence-electron chi connectivity index (χ0n) is 17.1. The normalized spacial score (nSPS) is 11.8. The van der Waals surface area contributed by atoms with Crippen molar-refractivity contribution in [2.45, 2.75) is 32.5 Å². The highest BCUT2D eigenvalue weighted by Crippen LogP contribution is 2.13. The molecule has 3 aromatic rings. The largest absolute Gasteiger partial charge is 0.480 e. The Bertz CT molecular complexity index is 1320. The first-order valence-electron chi connectivity index (χ1n) is 9.70. The van der Waals surface area contributed by atoms with E-state index in [0.717, 1.165) is 9.13 Å². The Kier molecular flexibility index (Phi) is 6.47. The highest BCUT2D eigenvalue weighted by atomic mass is 16.6. The summed E-state index contributed by atoms with van der Waals surface area (Å²) in [5.74, 6) is -1.39. The summed E-state index contributed by atoms with van der Waals surface area (Å²) in [7, 11) is 0. The Morgan fingerprint density at radius 3 is 2.06 bits per heavy atom. The topological polar surface area (TPSA) is 146 Å². The number of hydrogen-bond acceptors (Lipinski definition) is 6. The molecule has 0 fully saturated rings. The summed E-state index contributed by atoms with van der Waals surface area (Å²) in [6.07, 6.45) is -0.134. The zero-order valence-corrected chi connectivity index (χ0v) is 17.1. The van der Waals surface area contributed by atoms with E-state index in [2.05, 4.69) is 0 Å². The van der Waals surface area contributed by atoms with E-state index in [4.69, 9.17) is 0 Å². The number of nitro groups is 1.